The molecular formula is C21H16O3. The van der Waals surface area contributed by atoms with Crippen molar-refractivity contribution in [1.82, 2.24) is 0 Å². The molecule has 4 rings (SSSR count). The molecule has 118 valence electrons. The fourth-order valence-corrected chi connectivity index (χ4v) is 3.28. The highest BCUT2D eigenvalue weighted by atomic mass is 16.5. The maximum absolute atomic E-state index is 12.3. The molecule has 0 spiro atoms. The Morgan fingerprint density at radius 1 is 1.00 bits per heavy atom. The molecule has 1 unspecified atom stereocenters. The average molecular weight is 316 g/mol. The third-order valence-corrected chi connectivity index (χ3v) is 4.48. The number of esters is 1. The lowest BCUT2D eigenvalue weighted by Crippen LogP contribution is -2.24. The summed E-state index contributed by atoms with van der Waals surface area (Å²) >= 11 is 0. The summed E-state index contributed by atoms with van der Waals surface area (Å²) in [6.07, 6.45) is 0. The molecule has 3 aromatic carbocycles. The predicted molar refractivity (Wildman–Crippen MR) is 93.6 cm³/mol. The van der Waals surface area contributed by atoms with Crippen molar-refractivity contribution in [2.24, 2.45) is 0 Å². The van der Waals surface area contributed by atoms with Gasteiger partial charge in [-0.2, -0.15) is 0 Å². The minimum absolute atomic E-state index is 0.224. The number of ether oxygens (including phenoxy) is 2. The van der Waals surface area contributed by atoms with Crippen LogP contribution in [0, 0.1) is 0 Å². The first-order valence-corrected chi connectivity index (χ1v) is 7.75. The van der Waals surface area contributed by atoms with Crippen LogP contribution >= 0.6 is 0 Å². The van der Waals surface area contributed by atoms with Gasteiger partial charge in [0, 0.05) is 17.1 Å². The fraction of sp³-hybridized carbons (Fsp3) is 0.0952. The SMILES string of the molecule is C=C1C(=O)Oc2ccc3ccccc3c2C1c1ccc(OC)cc1. The molecule has 0 saturated carbocycles. The van der Waals surface area contributed by atoms with Crippen LogP contribution in [-0.2, 0) is 4.79 Å². The van der Waals surface area contributed by atoms with Gasteiger partial charge in [0.2, 0.25) is 0 Å². The van der Waals surface area contributed by atoms with Crippen LogP contribution in [0.25, 0.3) is 10.8 Å². The van der Waals surface area contributed by atoms with Gasteiger partial charge in [0.05, 0.1) is 7.11 Å². The van der Waals surface area contributed by atoms with E-state index in [4.69, 9.17) is 9.47 Å². The Balaban J connectivity index is 1.97. The van der Waals surface area contributed by atoms with Gasteiger partial charge in [0.25, 0.3) is 0 Å². The Morgan fingerprint density at radius 3 is 2.50 bits per heavy atom. The highest BCUT2D eigenvalue weighted by Crippen LogP contribution is 2.45. The molecule has 1 aliphatic heterocycles. The van der Waals surface area contributed by atoms with Gasteiger partial charge in [0.15, 0.2) is 0 Å². The van der Waals surface area contributed by atoms with E-state index in [1.165, 1.54) is 0 Å². The van der Waals surface area contributed by atoms with Crippen LogP contribution in [0.15, 0.2) is 72.8 Å². The van der Waals surface area contributed by atoms with E-state index >= 15 is 0 Å². The van der Waals surface area contributed by atoms with E-state index in [9.17, 15) is 4.79 Å². The lowest BCUT2D eigenvalue weighted by Gasteiger charge is -2.28. The van der Waals surface area contributed by atoms with Crippen LogP contribution in [0.5, 0.6) is 11.5 Å². The molecule has 0 amide bonds. The highest BCUT2D eigenvalue weighted by molar-refractivity contribution is 5.99. The number of benzene rings is 3. The van der Waals surface area contributed by atoms with Crippen molar-refractivity contribution in [1.29, 1.82) is 0 Å². The highest BCUT2D eigenvalue weighted by Gasteiger charge is 2.33. The van der Waals surface area contributed by atoms with E-state index < -0.39 is 0 Å². The van der Waals surface area contributed by atoms with Gasteiger partial charge >= 0.3 is 5.97 Å². The summed E-state index contributed by atoms with van der Waals surface area (Å²) in [7, 11) is 1.63. The first-order chi connectivity index (χ1) is 11.7. The quantitative estimate of drug-likeness (QED) is 0.398. The van der Waals surface area contributed by atoms with E-state index in [1.54, 1.807) is 7.11 Å². The summed E-state index contributed by atoms with van der Waals surface area (Å²) in [4.78, 5) is 12.3. The van der Waals surface area contributed by atoms with Gasteiger partial charge < -0.3 is 9.47 Å². The van der Waals surface area contributed by atoms with E-state index in [2.05, 4.69) is 18.7 Å². The summed E-state index contributed by atoms with van der Waals surface area (Å²) < 4.78 is 10.7. The molecule has 0 aromatic heterocycles. The van der Waals surface area contributed by atoms with E-state index in [0.717, 1.165) is 27.6 Å². The van der Waals surface area contributed by atoms with Crippen LogP contribution in [0.4, 0.5) is 0 Å². The Bertz CT molecular complexity index is 954. The molecule has 0 saturated heterocycles. The van der Waals surface area contributed by atoms with Crippen molar-refractivity contribution in [3.63, 3.8) is 0 Å². The third-order valence-electron chi connectivity index (χ3n) is 4.48. The average Bonchev–Trinajstić information content (AvgIpc) is 2.63. The number of carbonyl (C=O) groups excluding carboxylic acids is 1. The molecule has 3 aromatic rings. The van der Waals surface area contributed by atoms with E-state index in [0.29, 0.717) is 11.3 Å². The van der Waals surface area contributed by atoms with Gasteiger partial charge in [-0.15, -0.1) is 0 Å². The second-order valence-electron chi connectivity index (χ2n) is 5.82. The largest absolute Gasteiger partial charge is 0.497 e. The minimum atomic E-state index is -0.376. The first kappa shape index (κ1) is 14.5. The summed E-state index contributed by atoms with van der Waals surface area (Å²) in [5.41, 5.74) is 2.43. The normalized spacial score (nSPS) is 16.6. The van der Waals surface area contributed by atoms with Gasteiger partial charge in [-0.1, -0.05) is 49.0 Å². The topological polar surface area (TPSA) is 35.5 Å². The second-order valence-corrected chi connectivity index (χ2v) is 5.82. The maximum Gasteiger partial charge on any atom is 0.339 e. The molecule has 0 bridgehead atoms. The number of hydrogen-bond acceptors (Lipinski definition) is 3. The Kier molecular flexibility index (Phi) is 3.35. The number of methoxy groups -OCH3 is 1. The van der Waals surface area contributed by atoms with Crippen molar-refractivity contribution >= 4 is 16.7 Å². The van der Waals surface area contributed by atoms with Crippen LogP contribution in [-0.4, -0.2) is 13.1 Å². The predicted octanol–water partition coefficient (Wildman–Crippen LogP) is 4.46. The van der Waals surface area contributed by atoms with Gasteiger partial charge in [-0.25, -0.2) is 4.79 Å². The lowest BCUT2D eigenvalue weighted by molar-refractivity contribution is -0.131. The number of hydrogen-bond donors (Lipinski definition) is 0. The zero-order chi connectivity index (χ0) is 16.7. The maximum atomic E-state index is 12.3. The molecule has 1 aliphatic rings. The summed E-state index contributed by atoms with van der Waals surface area (Å²) in [5, 5.41) is 2.19. The summed E-state index contributed by atoms with van der Waals surface area (Å²) in [6.45, 7) is 4.00. The van der Waals surface area contributed by atoms with Crippen LogP contribution in [0.3, 0.4) is 0 Å². The Labute approximate surface area is 140 Å². The lowest BCUT2D eigenvalue weighted by atomic mass is 9.81. The Hall–Kier alpha value is -3.07. The van der Waals surface area contributed by atoms with Gasteiger partial charge in [0.1, 0.15) is 11.5 Å². The molecule has 0 aliphatic carbocycles. The zero-order valence-corrected chi connectivity index (χ0v) is 13.3. The van der Waals surface area contributed by atoms with Crippen LogP contribution in [0.2, 0.25) is 0 Å². The van der Waals surface area contributed by atoms with Gasteiger partial charge in [-0.3, -0.25) is 0 Å². The third kappa shape index (κ3) is 2.17. The van der Waals surface area contributed by atoms with Crippen molar-refractivity contribution in [2.45, 2.75) is 5.92 Å². The van der Waals surface area contributed by atoms with E-state index in [1.807, 2.05) is 48.5 Å². The monoisotopic (exact) mass is 316 g/mol. The molecule has 1 atom stereocenters. The molecule has 0 N–H and O–H groups in total. The van der Waals surface area contributed by atoms with Crippen molar-refractivity contribution in [3.8, 4) is 11.5 Å². The first-order valence-electron chi connectivity index (χ1n) is 7.75. The molecule has 3 heteroatoms. The fourth-order valence-electron chi connectivity index (χ4n) is 3.28. The van der Waals surface area contributed by atoms with Crippen molar-refractivity contribution < 1.29 is 14.3 Å². The molecule has 0 radical (unpaired) electrons. The minimum Gasteiger partial charge on any atom is -0.497 e. The summed E-state index contributed by atoms with van der Waals surface area (Å²) in [5.74, 6) is 0.782. The summed E-state index contributed by atoms with van der Waals surface area (Å²) in [6, 6.07) is 19.7. The number of fused-ring (bicyclic) bond motifs is 3. The van der Waals surface area contributed by atoms with Crippen molar-refractivity contribution in [2.75, 3.05) is 7.11 Å². The van der Waals surface area contributed by atoms with Crippen LogP contribution in [0.1, 0.15) is 17.0 Å². The van der Waals surface area contributed by atoms with E-state index in [-0.39, 0.29) is 11.9 Å². The standard InChI is InChI=1S/C21H16O3/c1-13-19(15-7-10-16(23-2)11-8-15)20-17-6-4-3-5-14(17)9-12-18(20)24-21(13)22/h3-12,19H,1H2,2H3. The number of rotatable bonds is 2. The zero-order valence-electron chi connectivity index (χ0n) is 13.3. The molecular weight excluding hydrogens is 300 g/mol. The molecule has 24 heavy (non-hydrogen) atoms. The molecule has 1 heterocycles. The van der Waals surface area contributed by atoms with Crippen molar-refractivity contribution in [3.05, 3.63) is 83.9 Å². The van der Waals surface area contributed by atoms with Crippen LogP contribution < -0.4 is 9.47 Å². The second kappa shape index (κ2) is 5.53. The number of carbonyl (C=O) groups is 1. The molecule has 0 fully saturated rings. The molecule has 3 nitrogen and oxygen atoms in total. The smallest absolute Gasteiger partial charge is 0.339 e. The Morgan fingerprint density at radius 2 is 1.75 bits per heavy atom. The van der Waals surface area contributed by atoms with Gasteiger partial charge in [-0.05, 0) is 34.5 Å².